The number of hydrogen-bond donors (Lipinski definition) is 2. The standard InChI is InChI=1S/C7H9N3O2S2/c11-7(12)6-5(8-10-9-6)4-3-13-1-2-14-4/h4H,1-3H2,(H,11,12)(H,8,9,10). The van der Waals surface area contributed by atoms with Crippen LogP contribution in [0.25, 0.3) is 0 Å². The smallest absolute Gasteiger partial charge is 0.358 e. The maximum absolute atomic E-state index is 10.8. The van der Waals surface area contributed by atoms with Crippen molar-refractivity contribution in [1.82, 2.24) is 15.4 Å². The molecule has 0 radical (unpaired) electrons. The van der Waals surface area contributed by atoms with Crippen molar-refractivity contribution >= 4 is 29.5 Å². The predicted molar refractivity (Wildman–Crippen MR) is 55.9 cm³/mol. The Morgan fingerprint density at radius 2 is 2.36 bits per heavy atom. The summed E-state index contributed by atoms with van der Waals surface area (Å²) in [6.07, 6.45) is 0. The maximum atomic E-state index is 10.8. The van der Waals surface area contributed by atoms with Crippen LogP contribution < -0.4 is 0 Å². The molecule has 7 heteroatoms. The first-order chi connectivity index (χ1) is 6.79. The third kappa shape index (κ3) is 1.88. The molecule has 0 spiro atoms. The largest absolute Gasteiger partial charge is 0.476 e. The van der Waals surface area contributed by atoms with Crippen LogP contribution in [-0.4, -0.2) is 43.7 Å². The van der Waals surface area contributed by atoms with Gasteiger partial charge in [0.25, 0.3) is 0 Å². The molecule has 0 aromatic carbocycles. The van der Waals surface area contributed by atoms with Gasteiger partial charge in [-0.3, -0.25) is 0 Å². The fourth-order valence-electron chi connectivity index (χ4n) is 1.27. The van der Waals surface area contributed by atoms with Crippen molar-refractivity contribution in [2.45, 2.75) is 5.25 Å². The highest BCUT2D eigenvalue weighted by Gasteiger charge is 2.25. The number of hydrogen-bond acceptors (Lipinski definition) is 5. The number of thioether (sulfide) groups is 2. The van der Waals surface area contributed by atoms with Crippen molar-refractivity contribution in [3.05, 3.63) is 11.4 Å². The van der Waals surface area contributed by atoms with Crippen LogP contribution in [-0.2, 0) is 0 Å². The lowest BCUT2D eigenvalue weighted by atomic mass is 10.2. The van der Waals surface area contributed by atoms with Gasteiger partial charge in [0.05, 0.1) is 5.25 Å². The monoisotopic (exact) mass is 231 g/mol. The number of rotatable bonds is 2. The van der Waals surface area contributed by atoms with Gasteiger partial charge in [0.15, 0.2) is 5.69 Å². The van der Waals surface area contributed by atoms with Gasteiger partial charge in [-0.15, -0.1) is 5.10 Å². The van der Waals surface area contributed by atoms with Gasteiger partial charge in [-0.05, 0) is 0 Å². The van der Waals surface area contributed by atoms with Gasteiger partial charge in [-0.1, -0.05) is 0 Å². The highest BCUT2D eigenvalue weighted by Crippen LogP contribution is 2.36. The van der Waals surface area contributed by atoms with Crippen LogP contribution in [0.4, 0.5) is 0 Å². The Hall–Kier alpha value is -0.690. The van der Waals surface area contributed by atoms with Crippen LogP contribution in [0, 0.1) is 0 Å². The third-order valence-electron chi connectivity index (χ3n) is 1.90. The summed E-state index contributed by atoms with van der Waals surface area (Å²) in [6, 6.07) is 0. The van der Waals surface area contributed by atoms with Crippen molar-refractivity contribution < 1.29 is 9.90 Å². The van der Waals surface area contributed by atoms with Gasteiger partial charge in [0.1, 0.15) is 5.69 Å². The Labute approximate surface area is 89.0 Å². The first-order valence-electron chi connectivity index (χ1n) is 4.12. The Kier molecular flexibility index (Phi) is 2.97. The molecule has 76 valence electrons. The molecule has 1 aromatic heterocycles. The molecule has 14 heavy (non-hydrogen) atoms. The lowest BCUT2D eigenvalue weighted by Crippen LogP contribution is -2.11. The number of carbonyl (C=O) groups is 1. The molecule has 2 N–H and O–H groups in total. The van der Waals surface area contributed by atoms with Crippen LogP contribution in [0.3, 0.4) is 0 Å². The second-order valence-electron chi connectivity index (χ2n) is 2.80. The first-order valence-corrected chi connectivity index (χ1v) is 6.32. The van der Waals surface area contributed by atoms with Crippen LogP contribution in [0.2, 0.25) is 0 Å². The number of carboxylic acids is 1. The second-order valence-corrected chi connectivity index (χ2v) is 5.26. The normalized spacial score (nSPS) is 22.1. The van der Waals surface area contributed by atoms with Crippen molar-refractivity contribution in [2.24, 2.45) is 0 Å². The van der Waals surface area contributed by atoms with E-state index in [2.05, 4.69) is 15.4 Å². The molecule has 0 bridgehead atoms. The Morgan fingerprint density at radius 3 is 3.00 bits per heavy atom. The fourth-order valence-corrected chi connectivity index (χ4v) is 3.94. The minimum Gasteiger partial charge on any atom is -0.476 e. The minimum atomic E-state index is -1.01. The van der Waals surface area contributed by atoms with E-state index in [1.165, 1.54) is 0 Å². The van der Waals surface area contributed by atoms with Crippen molar-refractivity contribution in [3.8, 4) is 0 Å². The molecule has 1 aromatic rings. The third-order valence-corrected chi connectivity index (χ3v) is 4.66. The van der Waals surface area contributed by atoms with E-state index in [-0.39, 0.29) is 10.9 Å². The zero-order valence-electron chi connectivity index (χ0n) is 7.27. The summed E-state index contributed by atoms with van der Waals surface area (Å²) in [5.41, 5.74) is 0.639. The van der Waals surface area contributed by atoms with E-state index in [1.807, 2.05) is 11.8 Å². The van der Waals surface area contributed by atoms with Crippen LogP contribution >= 0.6 is 23.5 Å². The first kappa shape index (κ1) is 9.85. The number of carboxylic acid groups (broad SMARTS) is 1. The lowest BCUT2D eigenvalue weighted by molar-refractivity contribution is 0.0689. The quantitative estimate of drug-likeness (QED) is 0.791. The zero-order valence-corrected chi connectivity index (χ0v) is 8.90. The molecule has 5 nitrogen and oxygen atoms in total. The van der Waals surface area contributed by atoms with Gasteiger partial charge < -0.3 is 5.11 Å². The Balaban J connectivity index is 2.21. The SMILES string of the molecule is O=C(O)c1n[nH]nc1C1CSCCS1. The number of aromatic carboxylic acids is 1. The second kappa shape index (κ2) is 4.22. The molecule has 2 heterocycles. The molecule has 1 unspecified atom stereocenters. The fraction of sp³-hybridized carbons (Fsp3) is 0.571. The molecule has 2 rings (SSSR count). The summed E-state index contributed by atoms with van der Waals surface area (Å²) in [7, 11) is 0. The molecule has 1 saturated heterocycles. The van der Waals surface area contributed by atoms with E-state index in [0.29, 0.717) is 5.69 Å². The summed E-state index contributed by atoms with van der Waals surface area (Å²) in [5, 5.41) is 18.9. The number of aromatic nitrogens is 3. The van der Waals surface area contributed by atoms with Crippen LogP contribution in [0.1, 0.15) is 21.4 Å². The lowest BCUT2D eigenvalue weighted by Gasteiger charge is -2.18. The molecule has 1 atom stereocenters. The van der Waals surface area contributed by atoms with Crippen molar-refractivity contribution in [2.75, 3.05) is 17.3 Å². The van der Waals surface area contributed by atoms with E-state index in [4.69, 9.17) is 5.11 Å². The highest BCUT2D eigenvalue weighted by atomic mass is 32.2. The number of H-pyrrole nitrogens is 1. The Morgan fingerprint density at radius 1 is 1.50 bits per heavy atom. The van der Waals surface area contributed by atoms with Gasteiger partial charge in [-0.2, -0.15) is 33.8 Å². The highest BCUT2D eigenvalue weighted by molar-refractivity contribution is 8.06. The number of aromatic amines is 1. The van der Waals surface area contributed by atoms with Gasteiger partial charge >= 0.3 is 5.97 Å². The molecule has 0 amide bonds. The van der Waals surface area contributed by atoms with Crippen LogP contribution in [0.5, 0.6) is 0 Å². The topological polar surface area (TPSA) is 78.9 Å². The maximum Gasteiger partial charge on any atom is 0.358 e. The molecule has 0 aliphatic carbocycles. The van der Waals surface area contributed by atoms with Gasteiger partial charge in [-0.25, -0.2) is 4.79 Å². The molecule has 1 aliphatic rings. The molecule has 0 saturated carbocycles. The average Bonchev–Trinajstić information content (AvgIpc) is 2.67. The van der Waals surface area contributed by atoms with E-state index in [0.717, 1.165) is 17.3 Å². The van der Waals surface area contributed by atoms with E-state index >= 15 is 0 Å². The number of nitrogens with one attached hydrogen (secondary N) is 1. The molecular weight excluding hydrogens is 222 g/mol. The number of nitrogens with zero attached hydrogens (tertiary/aromatic N) is 2. The molecule has 1 aliphatic heterocycles. The molecular formula is C7H9N3O2S2. The van der Waals surface area contributed by atoms with E-state index in [1.54, 1.807) is 11.8 Å². The van der Waals surface area contributed by atoms with E-state index < -0.39 is 5.97 Å². The van der Waals surface area contributed by atoms with Gasteiger partial charge in [0, 0.05) is 17.3 Å². The summed E-state index contributed by atoms with van der Waals surface area (Å²) >= 11 is 3.57. The van der Waals surface area contributed by atoms with Gasteiger partial charge in [0.2, 0.25) is 0 Å². The zero-order chi connectivity index (χ0) is 9.97. The average molecular weight is 231 g/mol. The predicted octanol–water partition coefficient (Wildman–Crippen LogP) is 1.02. The summed E-state index contributed by atoms with van der Waals surface area (Å²) in [5.74, 6) is 2.07. The van der Waals surface area contributed by atoms with Crippen LogP contribution in [0.15, 0.2) is 0 Å². The summed E-state index contributed by atoms with van der Waals surface area (Å²) < 4.78 is 0. The summed E-state index contributed by atoms with van der Waals surface area (Å²) in [6.45, 7) is 0. The van der Waals surface area contributed by atoms with Crippen molar-refractivity contribution in [1.29, 1.82) is 0 Å². The Bertz CT molecular complexity index is 335. The summed E-state index contributed by atoms with van der Waals surface area (Å²) in [4.78, 5) is 10.8. The molecule has 1 fully saturated rings. The van der Waals surface area contributed by atoms with Crippen molar-refractivity contribution in [3.63, 3.8) is 0 Å². The minimum absolute atomic E-state index is 0.0602. The van der Waals surface area contributed by atoms with E-state index in [9.17, 15) is 4.79 Å².